The van der Waals surface area contributed by atoms with Crippen LogP contribution >= 0.6 is 0 Å². The van der Waals surface area contributed by atoms with Crippen molar-refractivity contribution in [1.82, 2.24) is 9.80 Å². The molecule has 0 atom stereocenters. The Bertz CT molecular complexity index is 399. The summed E-state index contributed by atoms with van der Waals surface area (Å²) in [7, 11) is 1.61. The van der Waals surface area contributed by atoms with E-state index in [4.69, 9.17) is 9.47 Å². The fourth-order valence-electron chi connectivity index (χ4n) is 2.71. The molecule has 1 aliphatic carbocycles. The van der Waals surface area contributed by atoms with Gasteiger partial charge in [-0.05, 0) is 40.0 Å². The maximum Gasteiger partial charge on any atom is 0.410 e. The first-order valence-corrected chi connectivity index (χ1v) is 7.60. The number of hydrogen-bond acceptors (Lipinski definition) is 4. The molecule has 0 aromatic rings. The molecule has 0 unspecified atom stereocenters. The molecule has 2 aliphatic rings. The molecule has 0 radical (unpaired) electrons. The Labute approximate surface area is 126 Å². The molecule has 120 valence electrons. The lowest BCUT2D eigenvalue weighted by Gasteiger charge is -2.44. The lowest BCUT2D eigenvalue weighted by Crippen LogP contribution is -2.59. The van der Waals surface area contributed by atoms with Crippen molar-refractivity contribution < 1.29 is 19.1 Å². The molecule has 6 nitrogen and oxygen atoms in total. The highest BCUT2D eigenvalue weighted by Gasteiger charge is 2.47. The topological polar surface area (TPSA) is 59.1 Å². The third kappa shape index (κ3) is 3.48. The maximum absolute atomic E-state index is 12.5. The molecule has 21 heavy (non-hydrogen) atoms. The lowest BCUT2D eigenvalue weighted by atomic mass is 9.78. The Kier molecular flexibility index (Phi) is 4.46. The van der Waals surface area contributed by atoms with Gasteiger partial charge in [0.2, 0.25) is 0 Å². The van der Waals surface area contributed by atoms with Gasteiger partial charge in [-0.2, -0.15) is 0 Å². The molecule has 0 aromatic heterocycles. The highest BCUT2D eigenvalue weighted by atomic mass is 16.6. The van der Waals surface area contributed by atoms with Crippen molar-refractivity contribution >= 4 is 12.0 Å². The molecule has 0 bridgehead atoms. The van der Waals surface area contributed by atoms with Gasteiger partial charge in [-0.3, -0.25) is 4.79 Å². The first-order valence-electron chi connectivity index (χ1n) is 7.60. The summed E-state index contributed by atoms with van der Waals surface area (Å²) in [5.74, 6) is 0.0695. The van der Waals surface area contributed by atoms with Crippen LogP contribution < -0.4 is 0 Å². The quantitative estimate of drug-likeness (QED) is 0.777. The number of ether oxygens (including phenoxy) is 2. The number of piperazine rings is 1. The minimum atomic E-state index is -0.603. The fraction of sp³-hybridized carbons (Fsp3) is 0.867. The zero-order valence-corrected chi connectivity index (χ0v) is 13.5. The molecule has 2 amide bonds. The molecule has 2 fully saturated rings. The van der Waals surface area contributed by atoms with Gasteiger partial charge in [0.25, 0.3) is 5.91 Å². The van der Waals surface area contributed by atoms with Gasteiger partial charge < -0.3 is 19.3 Å². The van der Waals surface area contributed by atoms with Crippen molar-refractivity contribution in [3.8, 4) is 0 Å². The molecule has 1 aliphatic heterocycles. The molecule has 2 rings (SSSR count). The van der Waals surface area contributed by atoms with Crippen molar-refractivity contribution in [3.05, 3.63) is 0 Å². The van der Waals surface area contributed by atoms with E-state index < -0.39 is 11.2 Å². The van der Waals surface area contributed by atoms with Crippen LogP contribution in [0, 0.1) is 0 Å². The van der Waals surface area contributed by atoms with Gasteiger partial charge in [0.1, 0.15) is 11.2 Å². The van der Waals surface area contributed by atoms with Gasteiger partial charge in [-0.15, -0.1) is 0 Å². The second kappa shape index (κ2) is 5.83. The second-order valence-electron chi connectivity index (χ2n) is 6.81. The molecule has 0 N–H and O–H groups in total. The Morgan fingerprint density at radius 3 is 1.90 bits per heavy atom. The van der Waals surface area contributed by atoms with Gasteiger partial charge >= 0.3 is 6.09 Å². The molecule has 1 heterocycles. The minimum Gasteiger partial charge on any atom is -0.444 e. The van der Waals surface area contributed by atoms with Crippen molar-refractivity contribution in [3.63, 3.8) is 0 Å². The summed E-state index contributed by atoms with van der Waals surface area (Å²) in [5, 5.41) is 0. The summed E-state index contributed by atoms with van der Waals surface area (Å²) in [6, 6.07) is 0. The highest BCUT2D eigenvalue weighted by molar-refractivity contribution is 5.86. The van der Waals surface area contributed by atoms with E-state index in [2.05, 4.69) is 0 Å². The van der Waals surface area contributed by atoms with Crippen molar-refractivity contribution in [2.45, 2.75) is 51.2 Å². The standard InChI is InChI=1S/C15H26N2O4/c1-14(2,3)21-13(19)17-10-8-16(9-11-17)12(18)15(20-4)6-5-7-15/h5-11H2,1-4H3. The number of carbonyl (C=O) groups is 2. The third-order valence-corrected chi connectivity index (χ3v) is 4.16. The van der Waals surface area contributed by atoms with E-state index in [0.29, 0.717) is 26.2 Å². The van der Waals surface area contributed by atoms with Crippen LogP contribution in [0.1, 0.15) is 40.0 Å². The number of methoxy groups -OCH3 is 1. The fourth-order valence-corrected chi connectivity index (χ4v) is 2.71. The van der Waals surface area contributed by atoms with E-state index >= 15 is 0 Å². The van der Waals surface area contributed by atoms with Crippen LogP contribution in [0.5, 0.6) is 0 Å². The molecule has 1 saturated carbocycles. The van der Waals surface area contributed by atoms with Crippen LogP contribution in [0.2, 0.25) is 0 Å². The largest absolute Gasteiger partial charge is 0.444 e. The monoisotopic (exact) mass is 298 g/mol. The average Bonchev–Trinajstić information content (AvgIpc) is 2.36. The third-order valence-electron chi connectivity index (χ3n) is 4.16. The van der Waals surface area contributed by atoms with Crippen molar-refractivity contribution in [1.29, 1.82) is 0 Å². The smallest absolute Gasteiger partial charge is 0.410 e. The summed E-state index contributed by atoms with van der Waals surface area (Å²) < 4.78 is 10.8. The molecular weight excluding hydrogens is 272 g/mol. The Morgan fingerprint density at radius 2 is 1.52 bits per heavy atom. The highest BCUT2D eigenvalue weighted by Crippen LogP contribution is 2.36. The zero-order valence-electron chi connectivity index (χ0n) is 13.5. The predicted molar refractivity (Wildman–Crippen MR) is 78.0 cm³/mol. The van der Waals surface area contributed by atoms with Gasteiger partial charge in [0.15, 0.2) is 0 Å². The van der Waals surface area contributed by atoms with Crippen LogP contribution in [0.4, 0.5) is 4.79 Å². The van der Waals surface area contributed by atoms with Gasteiger partial charge in [-0.1, -0.05) is 0 Å². The first-order chi connectivity index (χ1) is 9.77. The summed E-state index contributed by atoms with van der Waals surface area (Å²) in [6.07, 6.45) is 2.33. The van der Waals surface area contributed by atoms with Crippen molar-refractivity contribution in [2.75, 3.05) is 33.3 Å². The van der Waals surface area contributed by atoms with E-state index in [1.165, 1.54) is 0 Å². The molecule has 0 spiro atoms. The summed E-state index contributed by atoms with van der Waals surface area (Å²) >= 11 is 0. The number of carbonyl (C=O) groups excluding carboxylic acids is 2. The van der Waals surface area contributed by atoms with Gasteiger partial charge in [0.05, 0.1) is 0 Å². The SMILES string of the molecule is COC1(C(=O)N2CCN(C(=O)OC(C)(C)C)CC2)CCC1. The Morgan fingerprint density at radius 1 is 1.00 bits per heavy atom. The van der Waals surface area contributed by atoms with E-state index in [-0.39, 0.29) is 12.0 Å². The van der Waals surface area contributed by atoms with Crippen LogP contribution in [0.25, 0.3) is 0 Å². The van der Waals surface area contributed by atoms with E-state index in [1.807, 2.05) is 25.7 Å². The zero-order chi connectivity index (χ0) is 15.7. The normalized spacial score (nSPS) is 21.7. The van der Waals surface area contributed by atoms with Crippen LogP contribution in [0.15, 0.2) is 0 Å². The van der Waals surface area contributed by atoms with Gasteiger partial charge in [-0.25, -0.2) is 4.79 Å². The second-order valence-corrected chi connectivity index (χ2v) is 6.81. The molecule has 6 heteroatoms. The Hall–Kier alpha value is -1.30. The van der Waals surface area contributed by atoms with E-state index in [0.717, 1.165) is 19.3 Å². The minimum absolute atomic E-state index is 0.0695. The van der Waals surface area contributed by atoms with E-state index in [1.54, 1.807) is 12.0 Å². The van der Waals surface area contributed by atoms with Crippen LogP contribution in [0.3, 0.4) is 0 Å². The molecule has 0 aromatic carbocycles. The summed E-state index contributed by atoms with van der Waals surface area (Å²) in [5.41, 5.74) is -1.09. The maximum atomic E-state index is 12.5. The number of hydrogen-bond donors (Lipinski definition) is 0. The van der Waals surface area contributed by atoms with Crippen molar-refractivity contribution in [2.24, 2.45) is 0 Å². The number of rotatable bonds is 2. The summed E-state index contributed by atoms with van der Waals surface area (Å²) in [6.45, 7) is 7.67. The van der Waals surface area contributed by atoms with E-state index in [9.17, 15) is 9.59 Å². The lowest BCUT2D eigenvalue weighted by molar-refractivity contribution is -0.167. The van der Waals surface area contributed by atoms with Crippen LogP contribution in [-0.4, -0.2) is 66.3 Å². The summed E-state index contributed by atoms with van der Waals surface area (Å²) in [4.78, 5) is 28.0. The number of amides is 2. The van der Waals surface area contributed by atoms with Crippen LogP contribution in [-0.2, 0) is 14.3 Å². The predicted octanol–water partition coefficient (Wildman–Crippen LogP) is 1.63. The average molecular weight is 298 g/mol. The molecule has 1 saturated heterocycles. The Balaban J connectivity index is 1.86. The molecular formula is C15H26N2O4. The number of nitrogens with zero attached hydrogens (tertiary/aromatic N) is 2. The first kappa shape index (κ1) is 16.1. The van der Waals surface area contributed by atoms with Gasteiger partial charge in [0, 0.05) is 33.3 Å².